The summed E-state index contributed by atoms with van der Waals surface area (Å²) in [6.45, 7) is 5.70. The Kier molecular flexibility index (Phi) is 5.24. The van der Waals surface area contributed by atoms with E-state index in [1.165, 1.54) is 0 Å². The third kappa shape index (κ3) is 5.66. The molecule has 5 heteroatoms. The Hall–Kier alpha value is -1.68. The molecule has 1 rings (SSSR count). The highest BCUT2D eigenvalue weighted by molar-refractivity contribution is 6.32. The highest BCUT2D eigenvalue weighted by atomic mass is 35.5. The topological polar surface area (TPSA) is 58.6 Å². The normalized spacial score (nSPS) is 11.6. The van der Waals surface area contributed by atoms with Gasteiger partial charge < -0.3 is 15.2 Å². The van der Waals surface area contributed by atoms with Crippen molar-refractivity contribution in [1.29, 1.82) is 0 Å². The fourth-order valence-electron chi connectivity index (χ4n) is 1.31. The molecule has 0 spiro atoms. The first kappa shape index (κ1) is 15.4. The second kappa shape index (κ2) is 6.48. The lowest BCUT2D eigenvalue weighted by Gasteiger charge is -2.19. The van der Waals surface area contributed by atoms with Gasteiger partial charge in [-0.3, -0.25) is 0 Å². The van der Waals surface area contributed by atoms with Crippen LogP contribution < -0.4 is 5.32 Å². The zero-order chi connectivity index (χ0) is 14.5. The molecule has 1 aromatic carbocycles. The number of nitrogens with one attached hydrogen (secondary N) is 1. The van der Waals surface area contributed by atoms with Gasteiger partial charge >= 0.3 is 6.09 Å². The lowest BCUT2D eigenvalue weighted by molar-refractivity contribution is 0.0534. The van der Waals surface area contributed by atoms with Gasteiger partial charge in [0.1, 0.15) is 11.4 Å². The number of carbonyl (C=O) groups excluding carboxylic acids is 1. The monoisotopic (exact) mass is 283 g/mol. The molecule has 0 radical (unpaired) electrons. The van der Waals surface area contributed by atoms with Crippen LogP contribution in [0.15, 0.2) is 24.3 Å². The molecule has 0 aliphatic rings. The quantitative estimate of drug-likeness (QED) is 0.891. The highest BCUT2D eigenvalue weighted by Crippen LogP contribution is 2.27. The third-order valence-corrected chi connectivity index (χ3v) is 2.38. The number of carbonyl (C=O) groups is 1. The second-order valence-corrected chi connectivity index (χ2v) is 5.37. The molecule has 0 aromatic heterocycles. The molecule has 0 unspecified atom stereocenters. The van der Waals surface area contributed by atoms with Crippen LogP contribution in [0, 0.1) is 0 Å². The average molecular weight is 284 g/mol. The van der Waals surface area contributed by atoms with Crippen LogP contribution in [-0.2, 0) is 4.74 Å². The number of rotatable bonds is 3. The standard InChI is InChI=1S/C14H18ClNO3/c1-14(2,3)19-13(18)16-9-5-7-10-6-4-8-11(15)12(10)17/h4-8,17H,9H2,1-3H3,(H,16,18). The number of aromatic hydroxyl groups is 1. The number of phenols is 1. The highest BCUT2D eigenvalue weighted by Gasteiger charge is 2.14. The summed E-state index contributed by atoms with van der Waals surface area (Å²) in [4.78, 5) is 11.4. The van der Waals surface area contributed by atoms with Crippen LogP contribution in [0.1, 0.15) is 26.3 Å². The number of phenolic OH excluding ortho intramolecular Hbond substituents is 1. The van der Waals surface area contributed by atoms with Crippen LogP contribution in [0.5, 0.6) is 5.75 Å². The summed E-state index contributed by atoms with van der Waals surface area (Å²) in [7, 11) is 0. The number of amides is 1. The molecule has 0 saturated heterocycles. The SMILES string of the molecule is CC(C)(C)OC(=O)NCC=Cc1cccc(Cl)c1O. The van der Waals surface area contributed by atoms with Gasteiger partial charge in [0.05, 0.1) is 5.02 Å². The summed E-state index contributed by atoms with van der Waals surface area (Å²) in [6.07, 6.45) is 2.90. The van der Waals surface area contributed by atoms with Gasteiger partial charge in [-0.2, -0.15) is 0 Å². The molecule has 4 nitrogen and oxygen atoms in total. The molecule has 0 saturated carbocycles. The molecule has 0 bridgehead atoms. The number of para-hydroxylation sites is 1. The van der Waals surface area contributed by atoms with E-state index in [0.29, 0.717) is 17.1 Å². The zero-order valence-corrected chi connectivity index (χ0v) is 12.0. The van der Waals surface area contributed by atoms with Crippen molar-refractivity contribution >= 4 is 23.8 Å². The van der Waals surface area contributed by atoms with E-state index in [9.17, 15) is 9.90 Å². The van der Waals surface area contributed by atoms with Crippen LogP contribution >= 0.6 is 11.6 Å². The minimum Gasteiger partial charge on any atom is -0.506 e. The molecular weight excluding hydrogens is 266 g/mol. The van der Waals surface area contributed by atoms with E-state index in [-0.39, 0.29) is 5.75 Å². The number of halogens is 1. The zero-order valence-electron chi connectivity index (χ0n) is 11.2. The third-order valence-electron chi connectivity index (χ3n) is 2.08. The van der Waals surface area contributed by atoms with Crippen LogP contribution in [0.25, 0.3) is 6.08 Å². The van der Waals surface area contributed by atoms with Gasteiger partial charge in [-0.15, -0.1) is 0 Å². The molecule has 0 aliphatic carbocycles. The van der Waals surface area contributed by atoms with Crippen molar-refractivity contribution in [3.63, 3.8) is 0 Å². The van der Waals surface area contributed by atoms with E-state index < -0.39 is 11.7 Å². The number of hydrogen-bond donors (Lipinski definition) is 2. The maximum atomic E-state index is 11.4. The smallest absolute Gasteiger partial charge is 0.407 e. The first-order valence-electron chi connectivity index (χ1n) is 5.90. The molecule has 1 amide bonds. The molecule has 104 valence electrons. The van der Waals surface area contributed by atoms with Gasteiger partial charge in [0.15, 0.2) is 0 Å². The molecule has 0 heterocycles. The van der Waals surface area contributed by atoms with Gasteiger partial charge in [0.2, 0.25) is 0 Å². The predicted molar refractivity (Wildman–Crippen MR) is 76.4 cm³/mol. The summed E-state index contributed by atoms with van der Waals surface area (Å²) < 4.78 is 5.08. The Bertz CT molecular complexity index is 478. The van der Waals surface area contributed by atoms with E-state index >= 15 is 0 Å². The summed E-state index contributed by atoms with van der Waals surface area (Å²) in [5, 5.41) is 12.5. The molecule has 1 aromatic rings. The lowest BCUT2D eigenvalue weighted by Crippen LogP contribution is -2.32. The van der Waals surface area contributed by atoms with Crippen LogP contribution in [0.4, 0.5) is 4.79 Å². The predicted octanol–water partition coefficient (Wildman–Crippen LogP) is 3.58. The van der Waals surface area contributed by atoms with Gasteiger partial charge in [-0.1, -0.05) is 35.9 Å². The fourth-order valence-corrected chi connectivity index (χ4v) is 1.49. The number of alkyl carbamates (subject to hydrolysis) is 1. The first-order valence-corrected chi connectivity index (χ1v) is 6.28. The molecule has 0 atom stereocenters. The molecule has 0 aliphatic heterocycles. The van der Waals surface area contributed by atoms with E-state index in [1.807, 2.05) is 0 Å². The molecule has 0 fully saturated rings. The molecular formula is C14H18ClNO3. The first-order chi connectivity index (χ1) is 8.79. The lowest BCUT2D eigenvalue weighted by atomic mass is 10.2. The van der Waals surface area contributed by atoms with Crippen molar-refractivity contribution in [2.45, 2.75) is 26.4 Å². The minimum absolute atomic E-state index is 0.0256. The van der Waals surface area contributed by atoms with Crippen molar-refractivity contribution in [2.24, 2.45) is 0 Å². The maximum Gasteiger partial charge on any atom is 0.407 e. The largest absolute Gasteiger partial charge is 0.506 e. The van der Waals surface area contributed by atoms with Gasteiger partial charge in [0, 0.05) is 12.1 Å². The van der Waals surface area contributed by atoms with Crippen molar-refractivity contribution in [3.8, 4) is 5.75 Å². The Morgan fingerprint density at radius 3 is 2.79 bits per heavy atom. The van der Waals surface area contributed by atoms with E-state index in [0.717, 1.165) is 0 Å². The number of benzene rings is 1. The van der Waals surface area contributed by atoms with Crippen molar-refractivity contribution < 1.29 is 14.6 Å². The molecule has 19 heavy (non-hydrogen) atoms. The Labute approximate surface area is 118 Å². The van der Waals surface area contributed by atoms with Crippen LogP contribution in [0.2, 0.25) is 5.02 Å². The van der Waals surface area contributed by atoms with Gasteiger partial charge in [-0.25, -0.2) is 4.79 Å². The summed E-state index contributed by atoms with van der Waals surface area (Å²) in [6, 6.07) is 5.07. The maximum absolute atomic E-state index is 11.4. The fraction of sp³-hybridized carbons (Fsp3) is 0.357. The average Bonchev–Trinajstić information content (AvgIpc) is 2.27. The Morgan fingerprint density at radius 2 is 2.16 bits per heavy atom. The van der Waals surface area contributed by atoms with Crippen LogP contribution in [0.3, 0.4) is 0 Å². The van der Waals surface area contributed by atoms with E-state index in [2.05, 4.69) is 5.32 Å². The summed E-state index contributed by atoms with van der Waals surface area (Å²) in [5.41, 5.74) is 0.0810. The van der Waals surface area contributed by atoms with E-state index in [1.54, 1.807) is 51.1 Å². The van der Waals surface area contributed by atoms with Gasteiger partial charge in [0.25, 0.3) is 0 Å². The van der Waals surface area contributed by atoms with Crippen LogP contribution in [-0.4, -0.2) is 23.3 Å². The van der Waals surface area contributed by atoms with Crippen molar-refractivity contribution in [1.82, 2.24) is 5.32 Å². The number of hydrogen-bond acceptors (Lipinski definition) is 3. The Morgan fingerprint density at radius 1 is 1.47 bits per heavy atom. The summed E-state index contributed by atoms with van der Waals surface area (Å²) >= 11 is 5.78. The molecule has 2 N–H and O–H groups in total. The minimum atomic E-state index is -0.515. The Balaban J connectivity index is 2.47. The summed E-state index contributed by atoms with van der Waals surface area (Å²) in [5.74, 6) is 0.0256. The van der Waals surface area contributed by atoms with E-state index in [4.69, 9.17) is 16.3 Å². The van der Waals surface area contributed by atoms with Gasteiger partial charge in [-0.05, 0) is 26.8 Å². The second-order valence-electron chi connectivity index (χ2n) is 4.96. The van der Waals surface area contributed by atoms with Crippen molar-refractivity contribution in [3.05, 3.63) is 34.9 Å². The van der Waals surface area contributed by atoms with Crippen molar-refractivity contribution in [2.75, 3.05) is 6.54 Å². The number of ether oxygens (including phenoxy) is 1.